The molecule has 0 spiro atoms. The van der Waals surface area contributed by atoms with Crippen LogP contribution in [0.2, 0.25) is 0 Å². The van der Waals surface area contributed by atoms with Crippen LogP contribution in [-0.4, -0.2) is 29.6 Å². The van der Waals surface area contributed by atoms with Gasteiger partial charge in [-0.25, -0.2) is 0 Å². The van der Waals surface area contributed by atoms with E-state index >= 15 is 0 Å². The van der Waals surface area contributed by atoms with Gasteiger partial charge in [0.15, 0.2) is 0 Å². The van der Waals surface area contributed by atoms with E-state index in [0.29, 0.717) is 0 Å². The Morgan fingerprint density at radius 1 is 1.40 bits per heavy atom. The minimum Gasteiger partial charge on any atom is -0.394 e. The summed E-state index contributed by atoms with van der Waals surface area (Å²) in [6, 6.07) is 7.51. The Labute approximate surface area is 89.3 Å². The molecule has 1 aliphatic rings. The summed E-state index contributed by atoms with van der Waals surface area (Å²) in [6.45, 7) is 1.96. The number of carbonyl (C=O) groups excluding carboxylic acids is 1. The second kappa shape index (κ2) is 3.35. The van der Waals surface area contributed by atoms with Crippen LogP contribution in [0.5, 0.6) is 0 Å². The van der Waals surface area contributed by atoms with E-state index in [4.69, 9.17) is 0 Å². The Morgan fingerprint density at radius 2 is 2.07 bits per heavy atom. The monoisotopic (exact) mass is 205 g/mol. The van der Waals surface area contributed by atoms with Crippen molar-refractivity contribution >= 4 is 5.91 Å². The molecule has 80 valence electrons. The number of nitrogens with zero attached hydrogens (tertiary/aromatic N) is 1. The minimum absolute atomic E-state index is 0.00139. The van der Waals surface area contributed by atoms with Crippen molar-refractivity contribution in [3.63, 3.8) is 0 Å². The summed E-state index contributed by atoms with van der Waals surface area (Å²) in [5, 5.41) is 9.56. The van der Waals surface area contributed by atoms with Crippen LogP contribution >= 0.6 is 0 Å². The molecule has 3 heteroatoms. The zero-order valence-electron chi connectivity index (χ0n) is 9.03. The lowest BCUT2D eigenvalue weighted by atomic mass is 9.88. The highest BCUT2D eigenvalue weighted by Gasteiger charge is 2.45. The van der Waals surface area contributed by atoms with Gasteiger partial charge < -0.3 is 10.0 Å². The van der Waals surface area contributed by atoms with Crippen LogP contribution in [0.1, 0.15) is 29.3 Å². The molecule has 0 fully saturated rings. The summed E-state index contributed by atoms with van der Waals surface area (Å²) in [5.74, 6) is 0.00139. The normalized spacial score (nSPS) is 24.5. The number of benzene rings is 1. The highest BCUT2D eigenvalue weighted by atomic mass is 16.3. The molecule has 0 aromatic heterocycles. The molecule has 15 heavy (non-hydrogen) atoms. The number of carbonyl (C=O) groups is 1. The number of rotatable bonds is 2. The summed E-state index contributed by atoms with van der Waals surface area (Å²) in [6.07, 6.45) is 0.725. The maximum Gasteiger partial charge on any atom is 0.254 e. The van der Waals surface area contributed by atoms with Gasteiger partial charge in [-0.3, -0.25) is 4.79 Å². The van der Waals surface area contributed by atoms with E-state index in [1.165, 1.54) is 0 Å². The van der Waals surface area contributed by atoms with Crippen LogP contribution in [0.4, 0.5) is 0 Å². The second-order valence-corrected chi connectivity index (χ2v) is 3.95. The first-order chi connectivity index (χ1) is 7.17. The average molecular weight is 205 g/mol. The van der Waals surface area contributed by atoms with Gasteiger partial charge in [-0.1, -0.05) is 25.1 Å². The standard InChI is InChI=1S/C12H15NO2/c1-3-12(8-14)10-7-5-4-6-9(10)11(15)13(12)2/h4-7,14H,3,8H2,1-2H3. The van der Waals surface area contributed by atoms with Gasteiger partial charge in [0.05, 0.1) is 12.1 Å². The number of aliphatic hydroxyl groups excluding tert-OH is 1. The molecule has 1 atom stereocenters. The van der Waals surface area contributed by atoms with Crippen molar-refractivity contribution in [2.24, 2.45) is 0 Å². The third-order valence-corrected chi connectivity index (χ3v) is 3.45. The van der Waals surface area contributed by atoms with Crippen LogP contribution in [0.15, 0.2) is 24.3 Å². The quantitative estimate of drug-likeness (QED) is 0.792. The molecular formula is C12H15NO2. The summed E-state index contributed by atoms with van der Waals surface area (Å²) >= 11 is 0. The van der Waals surface area contributed by atoms with Crippen LogP contribution < -0.4 is 0 Å². The van der Waals surface area contributed by atoms with Crippen LogP contribution in [0.3, 0.4) is 0 Å². The van der Waals surface area contributed by atoms with E-state index in [-0.39, 0.29) is 12.5 Å². The zero-order chi connectivity index (χ0) is 11.1. The number of amides is 1. The lowest BCUT2D eigenvalue weighted by molar-refractivity contribution is 0.0413. The second-order valence-electron chi connectivity index (χ2n) is 3.95. The molecule has 0 aliphatic carbocycles. The van der Waals surface area contributed by atoms with E-state index in [0.717, 1.165) is 17.5 Å². The first-order valence-electron chi connectivity index (χ1n) is 5.16. The average Bonchev–Trinajstić information content (AvgIpc) is 2.51. The van der Waals surface area contributed by atoms with Crippen molar-refractivity contribution in [2.75, 3.05) is 13.7 Å². The topological polar surface area (TPSA) is 40.5 Å². The van der Waals surface area contributed by atoms with Crippen molar-refractivity contribution < 1.29 is 9.90 Å². The smallest absolute Gasteiger partial charge is 0.254 e. The van der Waals surface area contributed by atoms with Crippen molar-refractivity contribution in [1.29, 1.82) is 0 Å². The minimum atomic E-state index is -0.520. The molecule has 1 unspecified atom stereocenters. The van der Waals surface area contributed by atoms with E-state index in [1.54, 1.807) is 11.9 Å². The third-order valence-electron chi connectivity index (χ3n) is 3.45. The van der Waals surface area contributed by atoms with Crippen LogP contribution in [0.25, 0.3) is 0 Å². The lowest BCUT2D eigenvalue weighted by Gasteiger charge is -2.34. The van der Waals surface area contributed by atoms with Crippen molar-refractivity contribution in [2.45, 2.75) is 18.9 Å². The Morgan fingerprint density at radius 3 is 2.67 bits per heavy atom. The van der Waals surface area contributed by atoms with E-state index in [9.17, 15) is 9.90 Å². The SMILES string of the molecule is CCC1(CO)c2ccccc2C(=O)N1C. The fourth-order valence-corrected chi connectivity index (χ4v) is 2.36. The predicted octanol–water partition coefficient (Wildman–Crippen LogP) is 1.37. The molecule has 3 nitrogen and oxygen atoms in total. The Bertz CT molecular complexity index is 396. The molecule has 1 heterocycles. The van der Waals surface area contributed by atoms with Gasteiger partial charge in [0, 0.05) is 12.6 Å². The molecule has 1 N–H and O–H groups in total. The summed E-state index contributed by atoms with van der Waals surface area (Å²) in [7, 11) is 1.75. The maximum absolute atomic E-state index is 11.9. The molecule has 0 bridgehead atoms. The first kappa shape index (κ1) is 10.2. The predicted molar refractivity (Wildman–Crippen MR) is 57.6 cm³/mol. The van der Waals surface area contributed by atoms with Gasteiger partial charge in [-0.15, -0.1) is 0 Å². The van der Waals surface area contributed by atoms with Gasteiger partial charge in [0.25, 0.3) is 5.91 Å². The number of likely N-dealkylation sites (N-methyl/N-ethyl adjacent to an activating group) is 1. The molecule has 1 aliphatic heterocycles. The number of hydrogen-bond acceptors (Lipinski definition) is 2. The molecule has 1 aromatic rings. The molecule has 0 saturated carbocycles. The molecule has 1 aromatic carbocycles. The third kappa shape index (κ3) is 1.13. The molecule has 0 saturated heterocycles. The van der Waals surface area contributed by atoms with Crippen molar-refractivity contribution in [1.82, 2.24) is 4.90 Å². The Balaban J connectivity index is 2.65. The van der Waals surface area contributed by atoms with E-state index in [1.807, 2.05) is 31.2 Å². The summed E-state index contributed by atoms with van der Waals surface area (Å²) in [5.41, 5.74) is 1.15. The summed E-state index contributed by atoms with van der Waals surface area (Å²) < 4.78 is 0. The van der Waals surface area contributed by atoms with Crippen LogP contribution in [-0.2, 0) is 5.54 Å². The van der Waals surface area contributed by atoms with Gasteiger partial charge >= 0.3 is 0 Å². The molecule has 0 radical (unpaired) electrons. The van der Waals surface area contributed by atoms with Gasteiger partial charge in [0.1, 0.15) is 0 Å². The van der Waals surface area contributed by atoms with Gasteiger partial charge in [-0.05, 0) is 18.1 Å². The largest absolute Gasteiger partial charge is 0.394 e. The Hall–Kier alpha value is -1.35. The number of aliphatic hydroxyl groups is 1. The van der Waals surface area contributed by atoms with Crippen LogP contribution in [0, 0.1) is 0 Å². The zero-order valence-corrected chi connectivity index (χ0v) is 9.03. The first-order valence-corrected chi connectivity index (χ1v) is 5.16. The number of fused-ring (bicyclic) bond motifs is 1. The van der Waals surface area contributed by atoms with Crippen molar-refractivity contribution in [3.8, 4) is 0 Å². The fourth-order valence-electron chi connectivity index (χ4n) is 2.36. The van der Waals surface area contributed by atoms with Gasteiger partial charge in [0.2, 0.25) is 0 Å². The Kier molecular flexibility index (Phi) is 2.27. The van der Waals surface area contributed by atoms with Crippen molar-refractivity contribution in [3.05, 3.63) is 35.4 Å². The summed E-state index contributed by atoms with van der Waals surface area (Å²) in [4.78, 5) is 13.6. The molecule has 2 rings (SSSR count). The highest BCUT2D eigenvalue weighted by Crippen LogP contribution is 2.39. The van der Waals surface area contributed by atoms with E-state index < -0.39 is 5.54 Å². The molecule has 1 amide bonds. The lowest BCUT2D eigenvalue weighted by Crippen LogP contribution is -2.43. The van der Waals surface area contributed by atoms with E-state index in [2.05, 4.69) is 0 Å². The maximum atomic E-state index is 11.9. The number of hydrogen-bond donors (Lipinski definition) is 1. The fraction of sp³-hybridized carbons (Fsp3) is 0.417. The van der Waals surface area contributed by atoms with Gasteiger partial charge in [-0.2, -0.15) is 0 Å². The highest BCUT2D eigenvalue weighted by molar-refractivity contribution is 5.99. The molecular weight excluding hydrogens is 190 g/mol.